The molecule has 3 aromatic rings. The van der Waals surface area contributed by atoms with Crippen LogP contribution < -0.4 is 5.32 Å². The summed E-state index contributed by atoms with van der Waals surface area (Å²) in [4.78, 5) is 5.83. The van der Waals surface area contributed by atoms with Crippen molar-refractivity contribution < 1.29 is 0 Å². The molecule has 1 N–H and O–H groups in total. The van der Waals surface area contributed by atoms with Crippen LogP contribution >= 0.6 is 23.1 Å². The molecule has 0 bridgehead atoms. The maximum atomic E-state index is 4.53. The largest absolute Gasteiger partial charge is 0.378 e. The van der Waals surface area contributed by atoms with Gasteiger partial charge in [-0.25, -0.2) is 0 Å². The van der Waals surface area contributed by atoms with E-state index in [1.165, 1.54) is 20.8 Å². The Kier molecular flexibility index (Phi) is 4.46. The van der Waals surface area contributed by atoms with Gasteiger partial charge >= 0.3 is 0 Å². The van der Waals surface area contributed by atoms with Crippen LogP contribution in [0.15, 0.2) is 52.9 Å². The monoisotopic (exact) mass is 314 g/mol. The van der Waals surface area contributed by atoms with E-state index in [-0.39, 0.29) is 6.04 Å². The molecule has 0 aliphatic rings. The number of hydrogen-bond donors (Lipinski definition) is 1. The van der Waals surface area contributed by atoms with E-state index in [0.717, 1.165) is 11.3 Å². The first-order valence-electron chi connectivity index (χ1n) is 7.09. The number of nitrogens with zero attached hydrogens (tertiary/aromatic N) is 1. The lowest BCUT2D eigenvalue weighted by atomic mass is 10.1. The number of para-hydroxylation sites is 1. The van der Waals surface area contributed by atoms with Crippen molar-refractivity contribution in [1.82, 2.24) is 4.98 Å². The molecule has 0 spiro atoms. The summed E-state index contributed by atoms with van der Waals surface area (Å²) in [5.74, 6) is 1.08. The Bertz CT molecular complexity index is 736. The molecule has 1 atom stereocenters. The molecule has 108 valence electrons. The Morgan fingerprint density at radius 3 is 3.00 bits per heavy atom. The van der Waals surface area contributed by atoms with Crippen LogP contribution in [0, 0.1) is 0 Å². The Labute approximate surface area is 133 Å². The topological polar surface area (TPSA) is 24.9 Å². The van der Waals surface area contributed by atoms with Gasteiger partial charge < -0.3 is 5.32 Å². The number of anilines is 1. The van der Waals surface area contributed by atoms with Gasteiger partial charge in [0.1, 0.15) is 0 Å². The van der Waals surface area contributed by atoms with Crippen molar-refractivity contribution in [2.75, 3.05) is 11.1 Å². The molecule has 3 rings (SSSR count). The van der Waals surface area contributed by atoms with E-state index >= 15 is 0 Å². The van der Waals surface area contributed by atoms with Crippen LogP contribution in [0.4, 0.5) is 5.69 Å². The van der Waals surface area contributed by atoms with Crippen LogP contribution in [-0.4, -0.2) is 10.7 Å². The second-order valence-corrected chi connectivity index (χ2v) is 7.12. The summed E-state index contributed by atoms with van der Waals surface area (Å²) in [6, 6.07) is 13.0. The molecular weight excluding hydrogens is 296 g/mol. The van der Waals surface area contributed by atoms with Crippen molar-refractivity contribution in [2.24, 2.45) is 0 Å². The number of fused-ring (bicyclic) bond motifs is 1. The molecule has 2 nitrogen and oxygen atoms in total. The first-order valence-corrected chi connectivity index (χ1v) is 8.96. The maximum Gasteiger partial charge on any atom is 0.0809 e. The minimum Gasteiger partial charge on any atom is -0.378 e. The number of benzene rings is 1. The van der Waals surface area contributed by atoms with Crippen molar-refractivity contribution in [3.63, 3.8) is 0 Å². The Balaban J connectivity index is 1.83. The quantitative estimate of drug-likeness (QED) is 0.622. The zero-order valence-corrected chi connectivity index (χ0v) is 13.8. The van der Waals surface area contributed by atoms with Gasteiger partial charge in [-0.3, -0.25) is 4.98 Å². The van der Waals surface area contributed by atoms with E-state index in [0.29, 0.717) is 0 Å². The highest BCUT2D eigenvalue weighted by molar-refractivity contribution is 7.99. The number of pyridine rings is 1. The number of aromatic nitrogens is 1. The molecule has 0 fully saturated rings. The molecule has 1 unspecified atom stereocenters. The first-order chi connectivity index (χ1) is 10.3. The second kappa shape index (κ2) is 6.50. The summed E-state index contributed by atoms with van der Waals surface area (Å²) in [6.07, 6.45) is 1.97. The van der Waals surface area contributed by atoms with Crippen molar-refractivity contribution in [3.8, 4) is 0 Å². The summed E-state index contributed by atoms with van der Waals surface area (Å²) in [7, 11) is 0. The molecule has 1 aromatic carbocycles. The lowest BCUT2D eigenvalue weighted by Gasteiger charge is -2.18. The van der Waals surface area contributed by atoms with E-state index in [2.05, 4.69) is 65.9 Å². The standard InChI is InChI=1S/C17H18N2S2/c1-3-20-16-7-5-4-6-15(16)19-12(2)13-10-17-14(18-11-13)8-9-21-17/h4-12,19H,3H2,1-2H3. The molecule has 21 heavy (non-hydrogen) atoms. The predicted octanol–water partition coefficient (Wildman–Crippen LogP) is 5.58. The van der Waals surface area contributed by atoms with Crippen molar-refractivity contribution in [3.05, 3.63) is 53.5 Å². The van der Waals surface area contributed by atoms with E-state index in [1.807, 2.05) is 18.0 Å². The Morgan fingerprint density at radius 2 is 2.14 bits per heavy atom. The lowest BCUT2D eigenvalue weighted by Crippen LogP contribution is -2.07. The number of thiophene rings is 1. The van der Waals surface area contributed by atoms with Gasteiger partial charge in [0.05, 0.1) is 16.3 Å². The third-order valence-electron chi connectivity index (χ3n) is 3.38. The molecule has 0 radical (unpaired) electrons. The molecular formula is C17H18N2S2. The normalized spacial score (nSPS) is 12.5. The average Bonchev–Trinajstić information content (AvgIpc) is 2.97. The fourth-order valence-corrected chi connectivity index (χ4v) is 3.84. The molecule has 0 aliphatic carbocycles. The highest BCUT2D eigenvalue weighted by Crippen LogP contribution is 2.30. The average molecular weight is 314 g/mol. The summed E-state index contributed by atoms with van der Waals surface area (Å²) < 4.78 is 1.25. The second-order valence-electron chi connectivity index (χ2n) is 4.87. The first kappa shape index (κ1) is 14.4. The smallest absolute Gasteiger partial charge is 0.0809 e. The van der Waals surface area contributed by atoms with Gasteiger partial charge in [0, 0.05) is 16.8 Å². The van der Waals surface area contributed by atoms with Crippen molar-refractivity contribution >= 4 is 39.0 Å². The molecule has 0 saturated carbocycles. The van der Waals surface area contributed by atoms with E-state index in [4.69, 9.17) is 0 Å². The van der Waals surface area contributed by atoms with Crippen LogP contribution in [0.3, 0.4) is 0 Å². The number of thioether (sulfide) groups is 1. The third kappa shape index (κ3) is 3.22. The minimum absolute atomic E-state index is 0.239. The maximum absolute atomic E-state index is 4.53. The SMILES string of the molecule is CCSc1ccccc1NC(C)c1cnc2ccsc2c1. The molecule has 4 heteroatoms. The van der Waals surface area contributed by atoms with Gasteiger partial charge in [-0.2, -0.15) is 0 Å². The van der Waals surface area contributed by atoms with Crippen LogP contribution in [-0.2, 0) is 0 Å². The van der Waals surface area contributed by atoms with E-state index in [9.17, 15) is 0 Å². The third-order valence-corrected chi connectivity index (χ3v) is 5.19. The number of rotatable bonds is 5. The fraction of sp³-hybridized carbons (Fsp3) is 0.235. The minimum atomic E-state index is 0.239. The van der Waals surface area contributed by atoms with Crippen LogP contribution in [0.1, 0.15) is 25.5 Å². The van der Waals surface area contributed by atoms with Crippen LogP contribution in [0.2, 0.25) is 0 Å². The Morgan fingerprint density at radius 1 is 1.29 bits per heavy atom. The van der Waals surface area contributed by atoms with Crippen molar-refractivity contribution in [2.45, 2.75) is 24.8 Å². The zero-order valence-electron chi connectivity index (χ0n) is 12.2. The predicted molar refractivity (Wildman–Crippen MR) is 94.5 cm³/mol. The van der Waals surface area contributed by atoms with Crippen LogP contribution in [0.5, 0.6) is 0 Å². The molecule has 0 amide bonds. The van der Waals surface area contributed by atoms with Gasteiger partial charge in [0.25, 0.3) is 0 Å². The van der Waals surface area contributed by atoms with E-state index in [1.54, 1.807) is 11.3 Å². The summed E-state index contributed by atoms with van der Waals surface area (Å²) in [5.41, 5.74) is 3.50. The van der Waals surface area contributed by atoms with E-state index < -0.39 is 0 Å². The molecule has 2 aromatic heterocycles. The summed E-state index contributed by atoms with van der Waals surface area (Å²) >= 11 is 3.61. The van der Waals surface area contributed by atoms with Gasteiger partial charge in [-0.1, -0.05) is 19.1 Å². The van der Waals surface area contributed by atoms with Crippen molar-refractivity contribution in [1.29, 1.82) is 0 Å². The van der Waals surface area contributed by atoms with Gasteiger partial charge in [-0.15, -0.1) is 23.1 Å². The Hall–Kier alpha value is -1.52. The molecule has 0 aliphatic heterocycles. The van der Waals surface area contributed by atoms with Crippen LogP contribution in [0.25, 0.3) is 10.2 Å². The fourth-order valence-electron chi connectivity index (χ4n) is 2.28. The summed E-state index contributed by atoms with van der Waals surface area (Å²) in [6.45, 7) is 4.36. The van der Waals surface area contributed by atoms with Gasteiger partial charge in [0.15, 0.2) is 0 Å². The number of nitrogens with one attached hydrogen (secondary N) is 1. The lowest BCUT2D eigenvalue weighted by molar-refractivity contribution is 0.875. The zero-order chi connectivity index (χ0) is 14.7. The molecule has 0 saturated heterocycles. The molecule has 2 heterocycles. The number of hydrogen-bond acceptors (Lipinski definition) is 4. The summed E-state index contributed by atoms with van der Waals surface area (Å²) in [5, 5.41) is 5.70. The highest BCUT2D eigenvalue weighted by Gasteiger charge is 2.10. The highest BCUT2D eigenvalue weighted by atomic mass is 32.2. The van der Waals surface area contributed by atoms with Gasteiger partial charge in [-0.05, 0) is 47.9 Å². The van der Waals surface area contributed by atoms with Gasteiger partial charge in [0.2, 0.25) is 0 Å².